The lowest BCUT2D eigenvalue weighted by molar-refractivity contribution is -0.121. The van der Waals surface area contributed by atoms with Gasteiger partial charge >= 0.3 is 5.97 Å². The molecular weight excluding hydrogens is 340 g/mol. The van der Waals surface area contributed by atoms with Gasteiger partial charge in [0.25, 0.3) is 0 Å². The molecule has 0 heterocycles. The molecule has 0 unspecified atom stereocenters. The van der Waals surface area contributed by atoms with Gasteiger partial charge in [0, 0.05) is 19.5 Å². The summed E-state index contributed by atoms with van der Waals surface area (Å²) in [6, 6.07) is 12.8. The minimum atomic E-state index is -0.435. The number of ether oxygens (including phenoxy) is 1. The van der Waals surface area contributed by atoms with Gasteiger partial charge in [-0.05, 0) is 30.7 Å². The van der Waals surface area contributed by atoms with Gasteiger partial charge in [0.15, 0.2) is 0 Å². The number of hydrogen-bond acceptors (Lipinski definition) is 4. The van der Waals surface area contributed by atoms with Crippen LogP contribution in [0.2, 0.25) is 5.02 Å². The quantitative estimate of drug-likeness (QED) is 0.741. The van der Waals surface area contributed by atoms with Gasteiger partial charge in [0.05, 0.1) is 23.4 Å². The van der Waals surface area contributed by atoms with Crippen LogP contribution < -0.4 is 10.6 Å². The molecule has 0 aromatic heterocycles. The molecule has 2 N–H and O–H groups in total. The Morgan fingerprint density at radius 3 is 2.52 bits per heavy atom. The van der Waals surface area contributed by atoms with Crippen LogP contribution in [0.25, 0.3) is 0 Å². The zero-order valence-corrected chi connectivity index (χ0v) is 15.0. The van der Waals surface area contributed by atoms with Crippen LogP contribution >= 0.6 is 11.6 Å². The highest BCUT2D eigenvalue weighted by Crippen LogP contribution is 2.23. The lowest BCUT2D eigenvalue weighted by Crippen LogP contribution is -2.24. The van der Waals surface area contributed by atoms with E-state index >= 15 is 0 Å². The molecule has 0 aliphatic rings. The highest BCUT2D eigenvalue weighted by Gasteiger charge is 2.09. The van der Waals surface area contributed by atoms with Crippen molar-refractivity contribution in [1.29, 1.82) is 0 Å². The van der Waals surface area contributed by atoms with E-state index in [0.29, 0.717) is 35.8 Å². The van der Waals surface area contributed by atoms with E-state index in [4.69, 9.17) is 11.6 Å². The van der Waals surface area contributed by atoms with Crippen LogP contribution in [0.3, 0.4) is 0 Å². The summed E-state index contributed by atoms with van der Waals surface area (Å²) in [4.78, 5) is 23.5. The fourth-order valence-corrected chi connectivity index (χ4v) is 2.40. The van der Waals surface area contributed by atoms with Gasteiger partial charge < -0.3 is 15.4 Å². The Bertz CT molecular complexity index is 745. The van der Waals surface area contributed by atoms with Gasteiger partial charge in [-0.25, -0.2) is 4.79 Å². The number of rotatable bonds is 7. The molecule has 0 saturated heterocycles. The summed E-state index contributed by atoms with van der Waals surface area (Å²) >= 11 is 6.10. The predicted octanol–water partition coefficient (Wildman–Crippen LogP) is 3.55. The number of hydrogen-bond donors (Lipinski definition) is 2. The predicted molar refractivity (Wildman–Crippen MR) is 98.9 cm³/mol. The van der Waals surface area contributed by atoms with Crippen molar-refractivity contribution in [3.8, 4) is 0 Å². The molecule has 1 amide bonds. The molecule has 0 fully saturated rings. The Morgan fingerprint density at radius 2 is 1.84 bits per heavy atom. The van der Waals surface area contributed by atoms with Crippen molar-refractivity contribution in [3.05, 3.63) is 64.2 Å². The number of benzene rings is 2. The molecule has 0 atom stereocenters. The highest BCUT2D eigenvalue weighted by molar-refractivity contribution is 6.33. The van der Waals surface area contributed by atoms with Crippen molar-refractivity contribution < 1.29 is 14.3 Å². The second-order valence-corrected chi connectivity index (χ2v) is 6.03. The third-order valence-electron chi connectivity index (χ3n) is 3.67. The van der Waals surface area contributed by atoms with E-state index in [1.54, 1.807) is 18.2 Å². The van der Waals surface area contributed by atoms with Crippen molar-refractivity contribution in [3.63, 3.8) is 0 Å². The van der Waals surface area contributed by atoms with E-state index in [9.17, 15) is 9.59 Å². The van der Waals surface area contributed by atoms with Gasteiger partial charge in [-0.15, -0.1) is 0 Å². The fraction of sp³-hybridized carbons (Fsp3) is 0.263. The van der Waals surface area contributed by atoms with E-state index < -0.39 is 5.97 Å². The SMILES string of the molecule is COC(=O)c1ccc(Cl)c(NCCC(=O)NCc2ccc(C)cc2)c1. The van der Waals surface area contributed by atoms with Crippen LogP contribution in [0.15, 0.2) is 42.5 Å². The Hall–Kier alpha value is -2.53. The van der Waals surface area contributed by atoms with Gasteiger partial charge in [-0.2, -0.15) is 0 Å². The van der Waals surface area contributed by atoms with Crippen LogP contribution in [0.1, 0.15) is 27.9 Å². The fourth-order valence-electron chi connectivity index (χ4n) is 2.21. The molecule has 2 aromatic rings. The largest absolute Gasteiger partial charge is 0.465 e. The normalized spacial score (nSPS) is 10.2. The van der Waals surface area contributed by atoms with Crippen molar-refractivity contribution in [2.45, 2.75) is 19.9 Å². The van der Waals surface area contributed by atoms with E-state index in [1.807, 2.05) is 31.2 Å². The average molecular weight is 361 g/mol. The molecule has 0 aliphatic heterocycles. The number of anilines is 1. The first-order chi connectivity index (χ1) is 12.0. The van der Waals surface area contributed by atoms with E-state index in [2.05, 4.69) is 15.4 Å². The standard InChI is InChI=1S/C19H21ClN2O3/c1-13-3-5-14(6-4-13)12-22-18(23)9-10-21-17-11-15(19(24)25-2)7-8-16(17)20/h3-8,11,21H,9-10,12H2,1-2H3,(H,22,23). The molecular formula is C19H21ClN2O3. The van der Waals surface area contributed by atoms with E-state index in [1.165, 1.54) is 12.7 Å². The van der Waals surface area contributed by atoms with Crippen molar-refractivity contribution in [2.24, 2.45) is 0 Å². The third kappa shape index (κ3) is 5.80. The topological polar surface area (TPSA) is 67.4 Å². The number of carbonyl (C=O) groups excluding carboxylic acids is 2. The minimum Gasteiger partial charge on any atom is -0.465 e. The Kier molecular flexibility index (Phi) is 6.83. The smallest absolute Gasteiger partial charge is 0.337 e. The lowest BCUT2D eigenvalue weighted by atomic mass is 10.1. The summed E-state index contributed by atoms with van der Waals surface area (Å²) in [5.74, 6) is -0.496. The van der Waals surface area contributed by atoms with Crippen LogP contribution in [0.4, 0.5) is 5.69 Å². The Labute approximate surface area is 152 Å². The van der Waals surface area contributed by atoms with E-state index in [0.717, 1.165) is 5.56 Å². The number of halogens is 1. The first-order valence-electron chi connectivity index (χ1n) is 7.93. The number of methoxy groups -OCH3 is 1. The molecule has 0 aliphatic carbocycles. The molecule has 2 rings (SSSR count). The third-order valence-corrected chi connectivity index (χ3v) is 3.99. The maximum atomic E-state index is 11.9. The van der Waals surface area contributed by atoms with Gasteiger partial charge in [-0.3, -0.25) is 4.79 Å². The Balaban J connectivity index is 1.80. The maximum Gasteiger partial charge on any atom is 0.337 e. The number of esters is 1. The second-order valence-electron chi connectivity index (χ2n) is 5.63. The van der Waals surface area contributed by atoms with Crippen molar-refractivity contribution in [2.75, 3.05) is 19.0 Å². The molecule has 0 spiro atoms. The summed E-state index contributed by atoms with van der Waals surface area (Å²) in [5.41, 5.74) is 3.24. The summed E-state index contributed by atoms with van der Waals surface area (Å²) in [5, 5.41) is 6.42. The van der Waals surface area contributed by atoms with Gasteiger partial charge in [0.1, 0.15) is 0 Å². The molecule has 0 bridgehead atoms. The number of carbonyl (C=O) groups is 2. The summed E-state index contributed by atoms with van der Waals surface area (Å²) in [6.07, 6.45) is 0.296. The van der Waals surface area contributed by atoms with Gasteiger partial charge in [-0.1, -0.05) is 41.4 Å². The van der Waals surface area contributed by atoms with E-state index in [-0.39, 0.29) is 5.91 Å². The number of amides is 1. The summed E-state index contributed by atoms with van der Waals surface area (Å²) in [7, 11) is 1.32. The first-order valence-corrected chi connectivity index (χ1v) is 8.31. The van der Waals surface area contributed by atoms with Crippen LogP contribution in [-0.4, -0.2) is 25.5 Å². The minimum absolute atomic E-state index is 0.0617. The van der Waals surface area contributed by atoms with Crippen molar-refractivity contribution >= 4 is 29.2 Å². The maximum absolute atomic E-state index is 11.9. The molecule has 25 heavy (non-hydrogen) atoms. The zero-order chi connectivity index (χ0) is 18.2. The van der Waals surface area contributed by atoms with Gasteiger partial charge in [0.2, 0.25) is 5.91 Å². The molecule has 6 heteroatoms. The monoisotopic (exact) mass is 360 g/mol. The first kappa shape index (κ1) is 18.8. The lowest BCUT2D eigenvalue weighted by Gasteiger charge is -2.10. The zero-order valence-electron chi connectivity index (χ0n) is 14.3. The van der Waals surface area contributed by atoms with Crippen LogP contribution in [0, 0.1) is 6.92 Å². The van der Waals surface area contributed by atoms with Crippen LogP contribution in [-0.2, 0) is 16.1 Å². The average Bonchev–Trinajstić information content (AvgIpc) is 2.62. The Morgan fingerprint density at radius 1 is 1.12 bits per heavy atom. The highest BCUT2D eigenvalue weighted by atomic mass is 35.5. The van der Waals surface area contributed by atoms with Crippen molar-refractivity contribution in [1.82, 2.24) is 5.32 Å². The van der Waals surface area contributed by atoms with Crippen LogP contribution in [0.5, 0.6) is 0 Å². The molecule has 2 aromatic carbocycles. The number of nitrogens with one attached hydrogen (secondary N) is 2. The summed E-state index contributed by atoms with van der Waals surface area (Å²) in [6.45, 7) is 2.93. The molecule has 0 radical (unpaired) electrons. The summed E-state index contributed by atoms with van der Waals surface area (Å²) < 4.78 is 4.68. The second kappa shape index (κ2) is 9.08. The molecule has 5 nitrogen and oxygen atoms in total. The molecule has 132 valence electrons. The number of aryl methyl sites for hydroxylation is 1. The molecule has 0 saturated carbocycles.